The van der Waals surface area contributed by atoms with Gasteiger partial charge in [0.15, 0.2) is 0 Å². The molecule has 2 unspecified atom stereocenters. The van der Waals surface area contributed by atoms with Crippen molar-refractivity contribution in [2.75, 3.05) is 10.6 Å². The minimum Gasteiger partial charge on any atom is -0.367 e. The van der Waals surface area contributed by atoms with Gasteiger partial charge in [-0.2, -0.15) is 5.53 Å². The molecule has 0 aromatic heterocycles. The smallest absolute Gasteiger partial charge is 0.246 e. The zero-order valence-corrected chi connectivity index (χ0v) is 14.2. The Bertz CT molecular complexity index is 734. The van der Waals surface area contributed by atoms with Crippen LogP contribution in [0.4, 0.5) is 11.4 Å². The molecule has 2 aromatic rings. The first-order valence-electron chi connectivity index (χ1n) is 7.70. The molecule has 1 amide bonds. The number of carbonyl (C=O) groups excluding carboxylic acids is 1. The molecule has 5 N–H and O–H groups in total. The van der Waals surface area contributed by atoms with Crippen molar-refractivity contribution in [3.05, 3.63) is 58.6 Å². The fourth-order valence-corrected chi connectivity index (χ4v) is 2.65. The molecule has 2 atom stereocenters. The normalized spacial score (nSPS) is 20.0. The molecule has 6 nitrogen and oxygen atoms in total. The molecule has 1 fully saturated rings. The summed E-state index contributed by atoms with van der Waals surface area (Å²) in [6, 6.07) is 12.7. The van der Waals surface area contributed by atoms with Crippen LogP contribution in [0.15, 0.2) is 42.5 Å². The Balaban J connectivity index is 1.69. The number of halogens is 1. The Kier molecular flexibility index (Phi) is 5.01. The predicted octanol–water partition coefficient (Wildman–Crippen LogP) is 2.31. The van der Waals surface area contributed by atoms with Crippen molar-refractivity contribution in [2.24, 2.45) is 0 Å². The summed E-state index contributed by atoms with van der Waals surface area (Å²) in [5.74, 6) is -0.132. The Morgan fingerprint density at radius 2 is 1.83 bits per heavy atom. The van der Waals surface area contributed by atoms with Gasteiger partial charge in [-0.1, -0.05) is 23.7 Å². The molecule has 3 rings (SSSR count). The summed E-state index contributed by atoms with van der Waals surface area (Å²) in [6.07, 6.45) is -0.309. The second kappa shape index (κ2) is 7.19. The van der Waals surface area contributed by atoms with E-state index in [1.165, 1.54) is 0 Å². The quantitative estimate of drug-likeness (QED) is 0.588. The second-order valence-electron chi connectivity index (χ2n) is 5.76. The lowest BCUT2D eigenvalue weighted by molar-refractivity contribution is -0.118. The van der Waals surface area contributed by atoms with Crippen molar-refractivity contribution >= 4 is 28.9 Å². The van der Waals surface area contributed by atoms with E-state index in [1.54, 1.807) is 12.1 Å². The molecule has 0 saturated carbocycles. The van der Waals surface area contributed by atoms with Gasteiger partial charge in [-0.25, -0.2) is 10.9 Å². The van der Waals surface area contributed by atoms with Crippen molar-refractivity contribution < 1.29 is 4.79 Å². The molecule has 24 heavy (non-hydrogen) atoms. The summed E-state index contributed by atoms with van der Waals surface area (Å²) in [5.41, 5.74) is 12.6. The van der Waals surface area contributed by atoms with Crippen LogP contribution in [-0.4, -0.2) is 18.1 Å². The van der Waals surface area contributed by atoms with E-state index >= 15 is 0 Å². The maximum absolute atomic E-state index is 12.6. The van der Waals surface area contributed by atoms with Gasteiger partial charge in [-0.3, -0.25) is 4.79 Å². The Morgan fingerprint density at radius 3 is 2.58 bits per heavy atom. The van der Waals surface area contributed by atoms with Crippen LogP contribution in [0.25, 0.3) is 0 Å². The molecule has 2 aromatic carbocycles. The lowest BCUT2D eigenvalue weighted by Gasteiger charge is -2.20. The number of carbonyl (C=O) groups is 1. The maximum atomic E-state index is 12.6. The van der Waals surface area contributed by atoms with Gasteiger partial charge < -0.3 is 10.6 Å². The topological polar surface area (TPSA) is 77.2 Å². The van der Waals surface area contributed by atoms with Crippen LogP contribution in [0.3, 0.4) is 0 Å². The monoisotopic (exact) mass is 345 g/mol. The van der Waals surface area contributed by atoms with Gasteiger partial charge in [0.25, 0.3) is 0 Å². The number of hydrazine groups is 2. The first kappa shape index (κ1) is 16.7. The summed E-state index contributed by atoms with van der Waals surface area (Å²) < 4.78 is 0. The van der Waals surface area contributed by atoms with Gasteiger partial charge in [0.1, 0.15) is 12.2 Å². The summed E-state index contributed by atoms with van der Waals surface area (Å²) >= 11 is 5.89. The van der Waals surface area contributed by atoms with Crippen molar-refractivity contribution in [1.82, 2.24) is 16.4 Å². The molecule has 126 valence electrons. The van der Waals surface area contributed by atoms with Gasteiger partial charge >= 0.3 is 0 Å². The number of hydrogen-bond acceptors (Lipinski definition) is 5. The lowest BCUT2D eigenvalue weighted by Crippen LogP contribution is -2.48. The molecule has 1 saturated heterocycles. The summed E-state index contributed by atoms with van der Waals surface area (Å²) in [6.45, 7) is 4.01. The number of benzene rings is 2. The van der Waals surface area contributed by atoms with Crippen molar-refractivity contribution in [1.29, 1.82) is 0 Å². The van der Waals surface area contributed by atoms with Crippen LogP contribution < -0.4 is 27.0 Å². The Labute approximate surface area is 145 Å². The number of aryl methyl sites for hydroxylation is 1. The highest BCUT2D eigenvalue weighted by molar-refractivity contribution is 6.30. The third kappa shape index (κ3) is 3.68. The maximum Gasteiger partial charge on any atom is 0.246 e. The van der Waals surface area contributed by atoms with Crippen molar-refractivity contribution in [3.63, 3.8) is 0 Å². The minimum atomic E-state index is -0.486. The molecular weight excluding hydrogens is 326 g/mol. The fraction of sp³-hybridized carbons (Fsp3) is 0.235. The molecule has 7 heteroatoms. The number of nitrogens with one attached hydrogen (secondary N) is 5. The first-order chi connectivity index (χ1) is 11.5. The second-order valence-corrected chi connectivity index (χ2v) is 6.19. The minimum absolute atomic E-state index is 0.132. The average molecular weight is 346 g/mol. The van der Waals surface area contributed by atoms with Crippen LogP contribution in [0.1, 0.15) is 11.1 Å². The lowest BCUT2D eigenvalue weighted by atomic mass is 10.1. The first-order valence-corrected chi connectivity index (χ1v) is 8.07. The predicted molar refractivity (Wildman–Crippen MR) is 96.6 cm³/mol. The van der Waals surface area contributed by atoms with Gasteiger partial charge in [-0.05, 0) is 55.3 Å². The fourth-order valence-electron chi connectivity index (χ4n) is 2.52. The standard InChI is InChI=1S/C17H20ClN5O/c1-10-4-3-5-14(11(10)2)20-17(24)15-16(22-23-21-15)19-13-8-6-12(18)7-9-13/h3-9,15-16,19,21-23H,1-2H3,(H,20,24). The largest absolute Gasteiger partial charge is 0.367 e. The highest BCUT2D eigenvalue weighted by Crippen LogP contribution is 2.19. The molecule has 0 spiro atoms. The van der Waals surface area contributed by atoms with Crippen LogP contribution in [0, 0.1) is 13.8 Å². The van der Waals surface area contributed by atoms with E-state index in [0.29, 0.717) is 5.02 Å². The molecule has 1 heterocycles. The molecular formula is C17H20ClN5O. The van der Waals surface area contributed by atoms with Crippen LogP contribution in [-0.2, 0) is 4.79 Å². The van der Waals surface area contributed by atoms with Gasteiger partial charge in [-0.15, -0.1) is 0 Å². The SMILES string of the molecule is Cc1cccc(NC(=O)C2NNNC2Nc2ccc(Cl)cc2)c1C. The van der Waals surface area contributed by atoms with Crippen molar-refractivity contribution in [2.45, 2.75) is 26.1 Å². The zero-order valence-electron chi connectivity index (χ0n) is 13.5. The number of anilines is 2. The third-order valence-electron chi connectivity index (χ3n) is 4.10. The highest BCUT2D eigenvalue weighted by atomic mass is 35.5. The molecule has 0 radical (unpaired) electrons. The average Bonchev–Trinajstić information content (AvgIpc) is 3.02. The van der Waals surface area contributed by atoms with E-state index in [-0.39, 0.29) is 12.1 Å². The third-order valence-corrected chi connectivity index (χ3v) is 4.35. The molecule has 0 aliphatic carbocycles. The van der Waals surface area contributed by atoms with E-state index in [4.69, 9.17) is 11.6 Å². The van der Waals surface area contributed by atoms with E-state index in [1.807, 2.05) is 44.2 Å². The van der Waals surface area contributed by atoms with Gasteiger partial charge in [0, 0.05) is 16.4 Å². The van der Waals surface area contributed by atoms with Gasteiger partial charge in [0.05, 0.1) is 0 Å². The number of hydrogen-bond donors (Lipinski definition) is 5. The van der Waals surface area contributed by atoms with Crippen molar-refractivity contribution in [3.8, 4) is 0 Å². The molecule has 1 aliphatic rings. The Morgan fingerprint density at radius 1 is 1.08 bits per heavy atom. The van der Waals surface area contributed by atoms with E-state index < -0.39 is 6.04 Å². The highest BCUT2D eigenvalue weighted by Gasteiger charge is 2.33. The summed E-state index contributed by atoms with van der Waals surface area (Å²) in [7, 11) is 0. The van der Waals surface area contributed by atoms with Crippen LogP contribution in [0.5, 0.6) is 0 Å². The molecule has 0 bridgehead atoms. The van der Waals surface area contributed by atoms with Gasteiger partial charge in [0.2, 0.25) is 5.91 Å². The zero-order chi connectivity index (χ0) is 17.1. The summed E-state index contributed by atoms with van der Waals surface area (Å²) in [4.78, 5) is 12.6. The van der Waals surface area contributed by atoms with Crippen LogP contribution >= 0.6 is 11.6 Å². The van der Waals surface area contributed by atoms with E-state index in [2.05, 4.69) is 27.0 Å². The van der Waals surface area contributed by atoms with Crippen LogP contribution in [0.2, 0.25) is 5.02 Å². The van der Waals surface area contributed by atoms with E-state index in [9.17, 15) is 4.79 Å². The summed E-state index contributed by atoms with van der Waals surface area (Å²) in [5, 5.41) is 6.90. The Hall–Kier alpha value is -2.12. The number of amides is 1. The van der Waals surface area contributed by atoms with E-state index in [0.717, 1.165) is 22.5 Å². The number of rotatable bonds is 4. The molecule has 1 aliphatic heterocycles.